The van der Waals surface area contributed by atoms with Gasteiger partial charge in [-0.1, -0.05) is 0 Å². The number of rotatable bonds is 7. The standard InChI is InChI=1S/C14H20N2O4/c1-20-14(7-2-8-14)10-15-9-13(17)11-3-5-12(6-4-11)16(18)19/h3-6,13,15,17H,2,7-10H2,1H3. The zero-order valence-electron chi connectivity index (χ0n) is 11.5. The van der Waals surface area contributed by atoms with E-state index in [1.165, 1.54) is 18.6 Å². The minimum absolute atomic E-state index is 0.0294. The summed E-state index contributed by atoms with van der Waals surface area (Å²) in [6.07, 6.45) is 2.60. The molecule has 6 heteroatoms. The number of aliphatic hydroxyl groups is 1. The molecule has 0 radical (unpaired) electrons. The molecule has 1 atom stereocenters. The quantitative estimate of drug-likeness (QED) is 0.587. The van der Waals surface area contributed by atoms with Crippen LogP contribution in [-0.4, -0.2) is 35.8 Å². The second-order valence-corrected chi connectivity index (χ2v) is 5.24. The van der Waals surface area contributed by atoms with Crippen LogP contribution in [0.15, 0.2) is 24.3 Å². The van der Waals surface area contributed by atoms with Crippen LogP contribution in [0.5, 0.6) is 0 Å². The van der Waals surface area contributed by atoms with E-state index in [4.69, 9.17) is 4.74 Å². The molecule has 1 aromatic rings. The van der Waals surface area contributed by atoms with Gasteiger partial charge in [-0.15, -0.1) is 0 Å². The molecule has 2 N–H and O–H groups in total. The van der Waals surface area contributed by atoms with Crippen molar-refractivity contribution in [3.05, 3.63) is 39.9 Å². The highest BCUT2D eigenvalue weighted by molar-refractivity contribution is 5.33. The van der Waals surface area contributed by atoms with Crippen molar-refractivity contribution in [2.24, 2.45) is 0 Å². The van der Waals surface area contributed by atoms with E-state index in [2.05, 4.69) is 5.32 Å². The maximum Gasteiger partial charge on any atom is 0.269 e. The minimum Gasteiger partial charge on any atom is -0.387 e. The monoisotopic (exact) mass is 280 g/mol. The average Bonchev–Trinajstić information content (AvgIpc) is 2.41. The van der Waals surface area contributed by atoms with Crippen molar-refractivity contribution in [1.29, 1.82) is 0 Å². The predicted octanol–water partition coefficient (Wildman–Crippen LogP) is 1.79. The van der Waals surface area contributed by atoms with E-state index in [1.807, 2.05) is 0 Å². The number of methoxy groups -OCH3 is 1. The lowest BCUT2D eigenvalue weighted by Gasteiger charge is -2.40. The highest BCUT2D eigenvalue weighted by atomic mass is 16.6. The summed E-state index contributed by atoms with van der Waals surface area (Å²) in [5.74, 6) is 0. The third-order valence-corrected chi connectivity index (χ3v) is 3.97. The molecule has 0 aliphatic heterocycles. The van der Waals surface area contributed by atoms with Gasteiger partial charge in [-0.25, -0.2) is 0 Å². The Morgan fingerprint density at radius 2 is 2.10 bits per heavy atom. The van der Waals surface area contributed by atoms with Crippen molar-refractivity contribution in [2.75, 3.05) is 20.2 Å². The van der Waals surface area contributed by atoms with Gasteiger partial charge in [0.25, 0.3) is 5.69 Å². The van der Waals surface area contributed by atoms with Gasteiger partial charge in [-0.2, -0.15) is 0 Å². The number of aliphatic hydroxyl groups excluding tert-OH is 1. The Balaban J connectivity index is 1.82. The number of nitro groups is 1. The summed E-state index contributed by atoms with van der Waals surface area (Å²) in [7, 11) is 1.72. The van der Waals surface area contributed by atoms with Crippen LogP contribution in [0.3, 0.4) is 0 Å². The van der Waals surface area contributed by atoms with E-state index in [0.717, 1.165) is 12.8 Å². The number of ether oxygens (including phenoxy) is 1. The molecular weight excluding hydrogens is 260 g/mol. The summed E-state index contributed by atoms with van der Waals surface area (Å²) in [6.45, 7) is 1.12. The molecule has 0 amide bonds. The lowest BCUT2D eigenvalue weighted by molar-refractivity contribution is -0.384. The van der Waals surface area contributed by atoms with Crippen molar-refractivity contribution >= 4 is 5.69 Å². The molecule has 1 saturated carbocycles. The largest absolute Gasteiger partial charge is 0.387 e. The van der Waals surface area contributed by atoms with Crippen LogP contribution in [0, 0.1) is 10.1 Å². The number of nitro benzene ring substituents is 1. The average molecular weight is 280 g/mol. The van der Waals surface area contributed by atoms with Gasteiger partial charge in [0.05, 0.1) is 16.6 Å². The van der Waals surface area contributed by atoms with E-state index in [1.54, 1.807) is 19.2 Å². The molecule has 110 valence electrons. The lowest BCUT2D eigenvalue weighted by Crippen LogP contribution is -2.48. The number of nitrogens with zero attached hydrogens (tertiary/aromatic N) is 1. The Bertz CT molecular complexity index is 451. The van der Waals surface area contributed by atoms with E-state index in [-0.39, 0.29) is 11.3 Å². The fourth-order valence-corrected chi connectivity index (χ4v) is 2.40. The Hall–Kier alpha value is -1.50. The molecule has 1 unspecified atom stereocenters. The van der Waals surface area contributed by atoms with Gasteiger partial charge >= 0.3 is 0 Å². The van der Waals surface area contributed by atoms with Crippen LogP contribution in [0.1, 0.15) is 30.9 Å². The van der Waals surface area contributed by atoms with Crippen molar-refractivity contribution < 1.29 is 14.8 Å². The van der Waals surface area contributed by atoms with Gasteiger partial charge in [-0.05, 0) is 37.0 Å². The topological polar surface area (TPSA) is 84.6 Å². The smallest absolute Gasteiger partial charge is 0.269 e. The molecule has 0 heterocycles. The predicted molar refractivity (Wildman–Crippen MR) is 74.5 cm³/mol. The second-order valence-electron chi connectivity index (χ2n) is 5.24. The van der Waals surface area contributed by atoms with E-state index in [0.29, 0.717) is 18.7 Å². The summed E-state index contributed by atoms with van der Waals surface area (Å²) < 4.78 is 5.48. The lowest BCUT2D eigenvalue weighted by atomic mass is 9.80. The summed E-state index contributed by atoms with van der Waals surface area (Å²) in [6, 6.07) is 5.97. The first-order valence-corrected chi connectivity index (χ1v) is 6.75. The van der Waals surface area contributed by atoms with Crippen molar-refractivity contribution in [3.63, 3.8) is 0 Å². The van der Waals surface area contributed by atoms with Crippen molar-refractivity contribution in [3.8, 4) is 0 Å². The molecular formula is C14H20N2O4. The third kappa shape index (κ3) is 3.33. The number of hydrogen-bond acceptors (Lipinski definition) is 5. The first-order valence-electron chi connectivity index (χ1n) is 6.75. The Kier molecular flexibility index (Phi) is 4.69. The highest BCUT2D eigenvalue weighted by Gasteiger charge is 2.36. The maximum absolute atomic E-state index is 10.6. The van der Waals surface area contributed by atoms with Gasteiger partial charge in [-0.3, -0.25) is 10.1 Å². The molecule has 0 bridgehead atoms. The zero-order chi connectivity index (χ0) is 14.6. The third-order valence-electron chi connectivity index (χ3n) is 3.97. The summed E-state index contributed by atoms with van der Waals surface area (Å²) in [4.78, 5) is 10.1. The van der Waals surface area contributed by atoms with Crippen LogP contribution < -0.4 is 5.32 Å². The van der Waals surface area contributed by atoms with Crippen LogP contribution in [-0.2, 0) is 4.74 Å². The molecule has 2 rings (SSSR count). The molecule has 0 aromatic heterocycles. The number of nitrogens with one attached hydrogen (secondary N) is 1. The summed E-state index contributed by atoms with van der Waals surface area (Å²) >= 11 is 0. The first kappa shape index (κ1) is 14.9. The molecule has 1 fully saturated rings. The van der Waals surface area contributed by atoms with E-state index in [9.17, 15) is 15.2 Å². The summed E-state index contributed by atoms with van der Waals surface area (Å²) in [5.41, 5.74) is 0.625. The Morgan fingerprint density at radius 3 is 2.55 bits per heavy atom. The first-order chi connectivity index (χ1) is 9.56. The Labute approximate surface area is 117 Å². The second kappa shape index (κ2) is 6.30. The van der Waals surface area contributed by atoms with Crippen LogP contribution in [0.25, 0.3) is 0 Å². The fraction of sp³-hybridized carbons (Fsp3) is 0.571. The molecule has 0 saturated heterocycles. The van der Waals surface area contributed by atoms with Gasteiger partial charge in [0, 0.05) is 32.3 Å². The van der Waals surface area contributed by atoms with E-state index < -0.39 is 11.0 Å². The molecule has 0 spiro atoms. The molecule has 20 heavy (non-hydrogen) atoms. The number of non-ortho nitro benzene ring substituents is 1. The zero-order valence-corrected chi connectivity index (χ0v) is 11.5. The minimum atomic E-state index is -0.676. The maximum atomic E-state index is 10.6. The normalized spacial score (nSPS) is 18.3. The fourth-order valence-electron chi connectivity index (χ4n) is 2.40. The van der Waals surface area contributed by atoms with Gasteiger partial charge < -0.3 is 15.2 Å². The SMILES string of the molecule is COC1(CNCC(O)c2ccc([N+](=O)[O-])cc2)CCC1. The molecule has 1 aliphatic carbocycles. The van der Waals surface area contributed by atoms with Crippen molar-refractivity contribution in [2.45, 2.75) is 31.0 Å². The number of benzene rings is 1. The van der Waals surface area contributed by atoms with Crippen LogP contribution in [0.4, 0.5) is 5.69 Å². The summed E-state index contributed by atoms with van der Waals surface area (Å²) in [5, 5.41) is 23.8. The van der Waals surface area contributed by atoms with Crippen LogP contribution >= 0.6 is 0 Å². The Morgan fingerprint density at radius 1 is 1.45 bits per heavy atom. The van der Waals surface area contributed by atoms with E-state index >= 15 is 0 Å². The van der Waals surface area contributed by atoms with Crippen LogP contribution in [0.2, 0.25) is 0 Å². The molecule has 1 aromatic carbocycles. The highest BCUT2D eigenvalue weighted by Crippen LogP contribution is 2.34. The molecule has 1 aliphatic rings. The van der Waals surface area contributed by atoms with Crippen molar-refractivity contribution in [1.82, 2.24) is 5.32 Å². The van der Waals surface area contributed by atoms with Gasteiger partial charge in [0.15, 0.2) is 0 Å². The van der Waals surface area contributed by atoms with Gasteiger partial charge in [0.2, 0.25) is 0 Å². The molecule has 6 nitrogen and oxygen atoms in total. The number of hydrogen-bond donors (Lipinski definition) is 2. The van der Waals surface area contributed by atoms with Gasteiger partial charge in [0.1, 0.15) is 0 Å².